The van der Waals surface area contributed by atoms with E-state index in [1.165, 1.54) is 11.1 Å². The van der Waals surface area contributed by atoms with Crippen LogP contribution in [-0.4, -0.2) is 19.8 Å². The average molecular weight is 263 g/mol. The number of nitrogens with two attached hydrogens (primary N) is 1. The van der Waals surface area contributed by atoms with Crippen molar-refractivity contribution in [3.63, 3.8) is 0 Å². The molecule has 0 amide bonds. The van der Waals surface area contributed by atoms with Gasteiger partial charge in [-0.3, -0.25) is 0 Å². The summed E-state index contributed by atoms with van der Waals surface area (Å²) in [5, 5.41) is 0. The minimum absolute atomic E-state index is 0.124. The molecule has 1 aromatic rings. The summed E-state index contributed by atoms with van der Waals surface area (Å²) in [6, 6.07) is 6.26. The molecule has 1 aliphatic rings. The summed E-state index contributed by atoms with van der Waals surface area (Å²) < 4.78 is 10.8. The van der Waals surface area contributed by atoms with E-state index in [0.717, 1.165) is 31.6 Å². The lowest BCUT2D eigenvalue weighted by atomic mass is 9.77. The molecule has 19 heavy (non-hydrogen) atoms. The standard InChI is InChI=1S/C16H25NO2/c1-4-19-14-8-12(9-14)10-16(17)15-6-5-13(18-3)7-11(15)2/h5-7,12,14,16H,4,8-10,17H2,1-3H3. The van der Waals surface area contributed by atoms with Crippen molar-refractivity contribution in [1.29, 1.82) is 0 Å². The molecule has 1 fully saturated rings. The molecule has 0 bridgehead atoms. The molecule has 1 atom stereocenters. The first-order chi connectivity index (χ1) is 9.13. The van der Waals surface area contributed by atoms with Crippen molar-refractivity contribution in [3.05, 3.63) is 29.3 Å². The number of aryl methyl sites for hydroxylation is 1. The van der Waals surface area contributed by atoms with Gasteiger partial charge in [0, 0.05) is 12.6 Å². The Morgan fingerprint density at radius 3 is 2.68 bits per heavy atom. The van der Waals surface area contributed by atoms with Gasteiger partial charge in [0.15, 0.2) is 0 Å². The van der Waals surface area contributed by atoms with E-state index in [1.807, 2.05) is 6.07 Å². The summed E-state index contributed by atoms with van der Waals surface area (Å²) in [6.45, 7) is 4.97. The molecule has 1 saturated carbocycles. The third-order valence-corrected chi connectivity index (χ3v) is 4.06. The monoisotopic (exact) mass is 263 g/mol. The maximum absolute atomic E-state index is 6.34. The molecule has 0 aliphatic heterocycles. The van der Waals surface area contributed by atoms with Crippen LogP contribution in [0.1, 0.15) is 43.4 Å². The first-order valence-electron chi connectivity index (χ1n) is 7.15. The number of rotatable bonds is 6. The summed E-state index contributed by atoms with van der Waals surface area (Å²) in [5.41, 5.74) is 8.79. The van der Waals surface area contributed by atoms with Crippen LogP contribution < -0.4 is 10.5 Å². The van der Waals surface area contributed by atoms with E-state index in [-0.39, 0.29) is 6.04 Å². The smallest absolute Gasteiger partial charge is 0.119 e. The van der Waals surface area contributed by atoms with E-state index in [2.05, 4.69) is 26.0 Å². The highest BCUT2D eigenvalue weighted by molar-refractivity contribution is 5.36. The highest BCUT2D eigenvalue weighted by Crippen LogP contribution is 2.37. The van der Waals surface area contributed by atoms with Crippen molar-refractivity contribution >= 4 is 0 Å². The van der Waals surface area contributed by atoms with Crippen molar-refractivity contribution in [1.82, 2.24) is 0 Å². The Morgan fingerprint density at radius 2 is 2.11 bits per heavy atom. The first-order valence-corrected chi connectivity index (χ1v) is 7.15. The summed E-state index contributed by atoms with van der Waals surface area (Å²) in [5.74, 6) is 1.61. The number of methoxy groups -OCH3 is 1. The molecule has 1 unspecified atom stereocenters. The van der Waals surface area contributed by atoms with Gasteiger partial charge in [-0.2, -0.15) is 0 Å². The van der Waals surface area contributed by atoms with Gasteiger partial charge in [0.25, 0.3) is 0 Å². The summed E-state index contributed by atoms with van der Waals surface area (Å²) >= 11 is 0. The predicted octanol–water partition coefficient (Wildman–Crippen LogP) is 3.21. The summed E-state index contributed by atoms with van der Waals surface area (Å²) in [7, 11) is 1.69. The average Bonchev–Trinajstić information content (AvgIpc) is 2.35. The second kappa shape index (κ2) is 6.40. The molecule has 0 saturated heterocycles. The molecule has 106 valence electrons. The molecule has 0 spiro atoms. The third-order valence-electron chi connectivity index (χ3n) is 4.06. The fraction of sp³-hybridized carbons (Fsp3) is 0.625. The van der Waals surface area contributed by atoms with Crippen molar-refractivity contribution in [2.75, 3.05) is 13.7 Å². The number of benzene rings is 1. The topological polar surface area (TPSA) is 44.5 Å². The largest absolute Gasteiger partial charge is 0.497 e. The van der Waals surface area contributed by atoms with Crippen LogP contribution in [0.25, 0.3) is 0 Å². The fourth-order valence-corrected chi connectivity index (χ4v) is 2.92. The van der Waals surface area contributed by atoms with E-state index in [4.69, 9.17) is 15.2 Å². The van der Waals surface area contributed by atoms with Crippen LogP contribution in [0.15, 0.2) is 18.2 Å². The molecule has 3 nitrogen and oxygen atoms in total. The van der Waals surface area contributed by atoms with E-state index in [1.54, 1.807) is 7.11 Å². The van der Waals surface area contributed by atoms with E-state index in [0.29, 0.717) is 12.0 Å². The van der Waals surface area contributed by atoms with Crippen molar-refractivity contribution in [2.24, 2.45) is 11.7 Å². The SMILES string of the molecule is CCOC1CC(CC(N)c2ccc(OC)cc2C)C1. The van der Waals surface area contributed by atoms with E-state index >= 15 is 0 Å². The normalized spacial score (nSPS) is 23.8. The van der Waals surface area contributed by atoms with Crippen molar-refractivity contribution in [2.45, 2.75) is 45.3 Å². The van der Waals surface area contributed by atoms with Gasteiger partial charge in [-0.15, -0.1) is 0 Å². The highest BCUT2D eigenvalue weighted by Gasteiger charge is 2.31. The number of hydrogen-bond acceptors (Lipinski definition) is 3. The van der Waals surface area contributed by atoms with E-state index in [9.17, 15) is 0 Å². The fourth-order valence-electron chi connectivity index (χ4n) is 2.92. The zero-order valence-corrected chi connectivity index (χ0v) is 12.2. The molecular weight excluding hydrogens is 238 g/mol. The Morgan fingerprint density at radius 1 is 1.37 bits per heavy atom. The maximum atomic E-state index is 6.34. The Bertz CT molecular complexity index is 413. The van der Waals surface area contributed by atoms with Crippen LogP contribution in [0.3, 0.4) is 0 Å². The van der Waals surface area contributed by atoms with Crippen LogP contribution >= 0.6 is 0 Å². The van der Waals surface area contributed by atoms with Crippen LogP contribution in [-0.2, 0) is 4.74 Å². The Labute approximate surface area is 116 Å². The lowest BCUT2D eigenvalue weighted by Crippen LogP contribution is -2.33. The minimum Gasteiger partial charge on any atom is -0.497 e. The number of ether oxygens (including phenoxy) is 2. The molecule has 3 heteroatoms. The van der Waals surface area contributed by atoms with Crippen LogP contribution in [0.5, 0.6) is 5.75 Å². The predicted molar refractivity (Wildman–Crippen MR) is 77.4 cm³/mol. The molecule has 0 radical (unpaired) electrons. The van der Waals surface area contributed by atoms with Crippen LogP contribution in [0.2, 0.25) is 0 Å². The second-order valence-corrected chi connectivity index (χ2v) is 5.48. The molecule has 2 rings (SSSR count). The zero-order valence-electron chi connectivity index (χ0n) is 12.2. The van der Waals surface area contributed by atoms with E-state index < -0.39 is 0 Å². The zero-order chi connectivity index (χ0) is 13.8. The van der Waals surface area contributed by atoms with Gasteiger partial charge in [-0.25, -0.2) is 0 Å². The van der Waals surface area contributed by atoms with Crippen LogP contribution in [0.4, 0.5) is 0 Å². The lowest BCUT2D eigenvalue weighted by Gasteiger charge is -2.36. The maximum Gasteiger partial charge on any atom is 0.119 e. The Hall–Kier alpha value is -1.06. The van der Waals surface area contributed by atoms with Crippen molar-refractivity contribution < 1.29 is 9.47 Å². The summed E-state index contributed by atoms with van der Waals surface area (Å²) in [6.07, 6.45) is 3.85. The number of hydrogen-bond donors (Lipinski definition) is 1. The highest BCUT2D eigenvalue weighted by atomic mass is 16.5. The molecule has 2 N–H and O–H groups in total. The van der Waals surface area contributed by atoms with Gasteiger partial charge < -0.3 is 15.2 Å². The second-order valence-electron chi connectivity index (χ2n) is 5.48. The van der Waals surface area contributed by atoms with Gasteiger partial charge >= 0.3 is 0 Å². The first kappa shape index (κ1) is 14.4. The van der Waals surface area contributed by atoms with Gasteiger partial charge in [0.1, 0.15) is 5.75 Å². The Kier molecular flexibility index (Phi) is 4.83. The summed E-state index contributed by atoms with van der Waals surface area (Å²) in [4.78, 5) is 0. The minimum atomic E-state index is 0.124. The van der Waals surface area contributed by atoms with Gasteiger partial charge in [0.05, 0.1) is 13.2 Å². The lowest BCUT2D eigenvalue weighted by molar-refractivity contribution is -0.0282. The quantitative estimate of drug-likeness (QED) is 0.857. The van der Waals surface area contributed by atoms with Crippen LogP contribution in [0, 0.1) is 12.8 Å². The molecule has 0 heterocycles. The van der Waals surface area contributed by atoms with Crippen molar-refractivity contribution in [3.8, 4) is 5.75 Å². The van der Waals surface area contributed by atoms with Gasteiger partial charge in [-0.1, -0.05) is 6.07 Å². The molecule has 1 aromatic carbocycles. The molecular formula is C16H25NO2. The van der Waals surface area contributed by atoms with Gasteiger partial charge in [-0.05, 0) is 62.3 Å². The third kappa shape index (κ3) is 3.48. The molecule has 1 aliphatic carbocycles. The Balaban J connectivity index is 1.88. The van der Waals surface area contributed by atoms with Gasteiger partial charge in [0.2, 0.25) is 0 Å². The molecule has 0 aromatic heterocycles.